The van der Waals surface area contributed by atoms with Crippen LogP contribution in [0.25, 0.3) is 0 Å². The van der Waals surface area contributed by atoms with E-state index < -0.39 is 0 Å². The molecule has 2 aromatic rings. The lowest BCUT2D eigenvalue weighted by atomic mass is 10.1. The van der Waals surface area contributed by atoms with E-state index in [9.17, 15) is 0 Å². The fourth-order valence-corrected chi connectivity index (χ4v) is 3.87. The van der Waals surface area contributed by atoms with Gasteiger partial charge in [-0.1, -0.05) is 0 Å². The van der Waals surface area contributed by atoms with Crippen molar-refractivity contribution in [2.75, 3.05) is 20.8 Å². The van der Waals surface area contributed by atoms with Crippen molar-refractivity contribution in [1.29, 1.82) is 0 Å². The highest BCUT2D eigenvalue weighted by molar-refractivity contribution is 14.1. The molecule has 4 nitrogen and oxygen atoms in total. The number of methoxy groups -OCH3 is 1. The van der Waals surface area contributed by atoms with Crippen LogP contribution in [0, 0.1) is 2.88 Å². The van der Waals surface area contributed by atoms with Crippen molar-refractivity contribution in [2.24, 2.45) is 0 Å². The van der Waals surface area contributed by atoms with Crippen molar-refractivity contribution in [2.45, 2.75) is 12.6 Å². The maximum absolute atomic E-state index is 5.14. The topological polar surface area (TPSA) is 39.1 Å². The molecule has 0 fully saturated rings. The molecule has 0 aliphatic rings. The number of nitrogens with one attached hydrogen (secondary N) is 1. The lowest BCUT2D eigenvalue weighted by Gasteiger charge is -2.18. The van der Waals surface area contributed by atoms with E-state index in [1.165, 1.54) is 8.45 Å². The largest absolute Gasteiger partial charge is 0.383 e. The summed E-state index contributed by atoms with van der Waals surface area (Å²) in [4.78, 5) is 0. The SMILES string of the molecule is CNC(c1csc(I)c1)c1c(Br)cnn1CCOC. The van der Waals surface area contributed by atoms with Crippen molar-refractivity contribution in [1.82, 2.24) is 15.1 Å². The summed E-state index contributed by atoms with van der Waals surface area (Å²) >= 11 is 7.69. The monoisotopic (exact) mass is 455 g/mol. The van der Waals surface area contributed by atoms with Gasteiger partial charge in [-0.2, -0.15) is 5.10 Å². The molecule has 2 heterocycles. The Bertz CT molecular complexity index is 543. The fraction of sp³-hybridized carbons (Fsp3) is 0.417. The summed E-state index contributed by atoms with van der Waals surface area (Å²) in [6, 6.07) is 2.33. The number of aromatic nitrogens is 2. The zero-order chi connectivity index (χ0) is 13.8. The quantitative estimate of drug-likeness (QED) is 0.679. The smallest absolute Gasteiger partial charge is 0.0765 e. The first-order chi connectivity index (χ1) is 9.17. The summed E-state index contributed by atoms with van der Waals surface area (Å²) in [6.45, 7) is 1.40. The normalized spacial score (nSPS) is 12.8. The Morgan fingerprint density at radius 2 is 2.42 bits per heavy atom. The van der Waals surface area contributed by atoms with Gasteiger partial charge >= 0.3 is 0 Å². The van der Waals surface area contributed by atoms with E-state index in [0.29, 0.717) is 6.61 Å². The molecular weight excluding hydrogens is 441 g/mol. The molecule has 0 saturated carbocycles. The van der Waals surface area contributed by atoms with Gasteiger partial charge in [-0.3, -0.25) is 4.68 Å². The molecule has 1 atom stereocenters. The maximum Gasteiger partial charge on any atom is 0.0765 e. The first kappa shape index (κ1) is 15.4. The molecule has 0 spiro atoms. The van der Waals surface area contributed by atoms with Crippen LogP contribution < -0.4 is 5.32 Å². The van der Waals surface area contributed by atoms with E-state index in [1.54, 1.807) is 18.4 Å². The second kappa shape index (κ2) is 7.16. The second-order valence-electron chi connectivity index (χ2n) is 4.00. The maximum atomic E-state index is 5.14. The van der Waals surface area contributed by atoms with Crippen LogP contribution >= 0.6 is 49.9 Å². The molecule has 0 bridgehead atoms. The van der Waals surface area contributed by atoms with Crippen molar-refractivity contribution in [3.63, 3.8) is 0 Å². The number of hydrogen-bond donors (Lipinski definition) is 1. The van der Waals surface area contributed by atoms with Gasteiger partial charge in [0.25, 0.3) is 0 Å². The molecule has 1 unspecified atom stereocenters. The van der Waals surface area contributed by atoms with Crippen molar-refractivity contribution >= 4 is 49.9 Å². The number of halogens is 2. The summed E-state index contributed by atoms with van der Waals surface area (Å²) in [6.07, 6.45) is 1.84. The van der Waals surface area contributed by atoms with Gasteiger partial charge in [0.15, 0.2) is 0 Å². The zero-order valence-corrected chi connectivity index (χ0v) is 15.3. The van der Waals surface area contributed by atoms with Gasteiger partial charge in [-0.05, 0) is 62.6 Å². The molecule has 0 aliphatic heterocycles. The Morgan fingerprint density at radius 3 is 3.00 bits per heavy atom. The summed E-state index contributed by atoms with van der Waals surface area (Å²) in [5.74, 6) is 0. The highest BCUT2D eigenvalue weighted by atomic mass is 127. The first-order valence-corrected chi connectivity index (χ1v) is 8.53. The van der Waals surface area contributed by atoms with Crippen LogP contribution in [0.15, 0.2) is 22.1 Å². The Morgan fingerprint density at radius 1 is 1.63 bits per heavy atom. The molecule has 1 N–H and O–H groups in total. The van der Waals surface area contributed by atoms with Crippen LogP contribution in [0.1, 0.15) is 17.3 Å². The first-order valence-electron chi connectivity index (χ1n) is 5.78. The van der Waals surface area contributed by atoms with Crippen molar-refractivity contribution in [3.8, 4) is 0 Å². The Labute approximate surface area is 138 Å². The molecule has 0 aliphatic carbocycles. The zero-order valence-electron chi connectivity index (χ0n) is 10.7. The Kier molecular flexibility index (Phi) is 5.82. The lowest BCUT2D eigenvalue weighted by molar-refractivity contribution is 0.182. The summed E-state index contributed by atoms with van der Waals surface area (Å²) in [5.41, 5.74) is 2.39. The molecule has 7 heteroatoms. The third-order valence-corrected chi connectivity index (χ3v) is 5.24. The molecule has 0 saturated heterocycles. The van der Waals surface area contributed by atoms with Crippen LogP contribution in [0.3, 0.4) is 0 Å². The molecule has 0 amide bonds. The number of thiophene rings is 1. The average molecular weight is 456 g/mol. The van der Waals surface area contributed by atoms with Gasteiger partial charge in [0, 0.05) is 7.11 Å². The Hall–Kier alpha value is 0.0400. The van der Waals surface area contributed by atoms with Crippen LogP contribution in [-0.4, -0.2) is 30.5 Å². The van der Waals surface area contributed by atoms with Gasteiger partial charge in [0.2, 0.25) is 0 Å². The van der Waals surface area contributed by atoms with Gasteiger partial charge in [0.1, 0.15) is 0 Å². The van der Waals surface area contributed by atoms with E-state index in [2.05, 4.69) is 60.4 Å². The predicted molar refractivity (Wildman–Crippen MR) is 89.7 cm³/mol. The molecular formula is C12H15BrIN3OS. The minimum absolute atomic E-state index is 0.133. The standard InChI is InChI=1S/C12H15BrIN3OS/c1-15-11(8-5-10(14)19-7-8)12-9(13)6-16-17(12)3-4-18-2/h5-7,11,15H,3-4H2,1-2H3. The number of rotatable bonds is 6. The van der Waals surface area contributed by atoms with E-state index >= 15 is 0 Å². The van der Waals surface area contributed by atoms with E-state index in [0.717, 1.165) is 16.7 Å². The van der Waals surface area contributed by atoms with E-state index in [1.807, 2.05) is 17.9 Å². The second-order valence-corrected chi connectivity index (χ2v) is 7.66. The molecule has 2 aromatic heterocycles. The molecule has 0 aromatic carbocycles. The highest BCUT2D eigenvalue weighted by Crippen LogP contribution is 2.31. The van der Waals surface area contributed by atoms with Crippen molar-refractivity contribution in [3.05, 3.63) is 36.3 Å². The van der Waals surface area contributed by atoms with Crippen LogP contribution in [-0.2, 0) is 11.3 Å². The predicted octanol–water partition coefficient (Wildman–Crippen LogP) is 3.27. The summed E-state index contributed by atoms with van der Waals surface area (Å²) in [5, 5.41) is 9.95. The molecule has 0 radical (unpaired) electrons. The summed E-state index contributed by atoms with van der Waals surface area (Å²) in [7, 11) is 3.67. The summed E-state index contributed by atoms with van der Waals surface area (Å²) < 4.78 is 9.42. The lowest BCUT2D eigenvalue weighted by Crippen LogP contribution is -2.22. The third kappa shape index (κ3) is 3.57. The Balaban J connectivity index is 2.34. The number of hydrogen-bond acceptors (Lipinski definition) is 4. The average Bonchev–Trinajstić information content (AvgIpc) is 2.97. The molecule has 19 heavy (non-hydrogen) atoms. The van der Waals surface area contributed by atoms with E-state index in [4.69, 9.17) is 4.74 Å². The molecule has 2 rings (SSSR count). The van der Waals surface area contributed by atoms with E-state index in [-0.39, 0.29) is 6.04 Å². The molecule has 104 valence electrons. The van der Waals surface area contributed by atoms with Gasteiger partial charge in [-0.25, -0.2) is 0 Å². The van der Waals surface area contributed by atoms with Gasteiger partial charge in [-0.15, -0.1) is 11.3 Å². The van der Waals surface area contributed by atoms with Crippen LogP contribution in [0.2, 0.25) is 0 Å². The minimum atomic E-state index is 0.133. The fourth-order valence-electron chi connectivity index (χ4n) is 1.95. The number of ether oxygens (including phenoxy) is 1. The van der Waals surface area contributed by atoms with Crippen molar-refractivity contribution < 1.29 is 4.74 Å². The highest BCUT2D eigenvalue weighted by Gasteiger charge is 2.21. The number of nitrogens with zero attached hydrogens (tertiary/aromatic N) is 2. The minimum Gasteiger partial charge on any atom is -0.383 e. The van der Waals surface area contributed by atoms with Gasteiger partial charge in [0.05, 0.1) is 38.4 Å². The van der Waals surface area contributed by atoms with Crippen LogP contribution in [0.5, 0.6) is 0 Å². The van der Waals surface area contributed by atoms with Gasteiger partial charge < -0.3 is 10.1 Å². The van der Waals surface area contributed by atoms with Crippen LogP contribution in [0.4, 0.5) is 0 Å². The third-order valence-electron chi connectivity index (χ3n) is 2.82.